The molecule has 1 spiro atoms. The second kappa shape index (κ2) is 8.71. The molecule has 5 nitrogen and oxygen atoms in total. The molecular formula is C24H25BrN2O3S. The van der Waals surface area contributed by atoms with E-state index in [1.165, 1.54) is 0 Å². The van der Waals surface area contributed by atoms with Crippen molar-refractivity contribution < 1.29 is 14.3 Å². The van der Waals surface area contributed by atoms with Crippen LogP contribution in [0.3, 0.4) is 0 Å². The molecule has 1 aliphatic carbocycles. The lowest BCUT2D eigenvalue weighted by Crippen LogP contribution is -2.51. The first kappa shape index (κ1) is 22.0. The molecule has 2 aromatic rings. The van der Waals surface area contributed by atoms with E-state index < -0.39 is 5.66 Å². The number of thiocarbonyl (C=S) groups is 1. The van der Waals surface area contributed by atoms with Crippen molar-refractivity contribution in [2.24, 2.45) is 10.9 Å². The lowest BCUT2D eigenvalue weighted by molar-refractivity contribution is 0.0613. The number of carbonyl (C=O) groups is 1. The number of methoxy groups -OCH3 is 2. The van der Waals surface area contributed by atoms with E-state index in [1.54, 1.807) is 37.3 Å². The minimum absolute atomic E-state index is 0.156. The summed E-state index contributed by atoms with van der Waals surface area (Å²) in [5.74, 6) is 1.55. The highest BCUT2D eigenvalue weighted by Gasteiger charge is 2.49. The topological polar surface area (TPSA) is 51.1 Å². The minimum atomic E-state index is -0.629. The molecule has 0 radical (unpaired) electrons. The smallest absolute Gasteiger partial charge is 0.261 e. The van der Waals surface area contributed by atoms with Crippen LogP contribution in [-0.2, 0) is 0 Å². The van der Waals surface area contributed by atoms with Crippen LogP contribution >= 0.6 is 28.1 Å². The Hall–Kier alpha value is -2.25. The summed E-state index contributed by atoms with van der Waals surface area (Å²) < 4.78 is 11.7. The maximum Gasteiger partial charge on any atom is 0.261 e. The molecule has 1 heterocycles. The summed E-state index contributed by atoms with van der Waals surface area (Å²) in [4.78, 5) is 21.1. The van der Waals surface area contributed by atoms with Crippen molar-refractivity contribution in [3.63, 3.8) is 0 Å². The van der Waals surface area contributed by atoms with Gasteiger partial charge in [0, 0.05) is 15.6 Å². The van der Waals surface area contributed by atoms with Crippen molar-refractivity contribution in [1.29, 1.82) is 0 Å². The molecule has 0 N–H and O–H groups in total. The van der Waals surface area contributed by atoms with Gasteiger partial charge in [0.2, 0.25) is 0 Å². The van der Waals surface area contributed by atoms with Crippen LogP contribution < -0.4 is 9.47 Å². The first-order valence-corrected chi connectivity index (χ1v) is 11.6. The quantitative estimate of drug-likeness (QED) is 0.509. The van der Waals surface area contributed by atoms with E-state index in [2.05, 4.69) is 22.9 Å². The zero-order chi connectivity index (χ0) is 22.2. The molecule has 0 unspecified atom stereocenters. The van der Waals surface area contributed by atoms with E-state index in [4.69, 9.17) is 26.7 Å². The molecule has 4 rings (SSSR count). The van der Waals surface area contributed by atoms with Gasteiger partial charge < -0.3 is 9.47 Å². The minimum Gasteiger partial charge on any atom is -0.493 e. The Balaban J connectivity index is 1.75. The molecule has 1 saturated carbocycles. The van der Waals surface area contributed by atoms with Gasteiger partial charge in [-0.25, -0.2) is 0 Å². The predicted octanol–water partition coefficient (Wildman–Crippen LogP) is 5.65. The van der Waals surface area contributed by atoms with E-state index >= 15 is 0 Å². The average Bonchev–Trinajstić information content (AvgIpc) is 3.07. The zero-order valence-electron chi connectivity index (χ0n) is 17.9. The highest BCUT2D eigenvalue weighted by atomic mass is 79.9. The summed E-state index contributed by atoms with van der Waals surface area (Å²) in [6.07, 6.45) is 3.62. The molecular weight excluding hydrogens is 476 g/mol. The van der Waals surface area contributed by atoms with Crippen LogP contribution in [0.5, 0.6) is 11.5 Å². The summed E-state index contributed by atoms with van der Waals surface area (Å²) in [5, 5.41) is 0. The highest BCUT2D eigenvalue weighted by molar-refractivity contribution is 9.10. The molecule has 0 atom stereocenters. The summed E-state index contributed by atoms with van der Waals surface area (Å²) >= 11 is 9.33. The van der Waals surface area contributed by atoms with Crippen molar-refractivity contribution in [2.75, 3.05) is 14.2 Å². The third-order valence-electron chi connectivity index (χ3n) is 6.17. The summed E-state index contributed by atoms with van der Waals surface area (Å²) in [5.41, 5.74) is 1.51. The Bertz CT molecular complexity index is 1040. The fraction of sp³-hybridized carbons (Fsp3) is 0.375. The Kier molecular flexibility index (Phi) is 6.17. The van der Waals surface area contributed by atoms with Gasteiger partial charge in [0.05, 0.1) is 14.2 Å². The highest BCUT2D eigenvalue weighted by Crippen LogP contribution is 2.43. The number of hydrogen-bond donors (Lipinski definition) is 0. The van der Waals surface area contributed by atoms with Crippen LogP contribution in [0.25, 0.3) is 0 Å². The maximum atomic E-state index is 13.8. The van der Waals surface area contributed by atoms with Crippen molar-refractivity contribution in [3.8, 4) is 11.5 Å². The summed E-state index contributed by atoms with van der Waals surface area (Å²) in [7, 11) is 3.14. The van der Waals surface area contributed by atoms with Gasteiger partial charge in [-0.3, -0.25) is 14.7 Å². The number of carbonyl (C=O) groups excluding carboxylic acids is 1. The van der Waals surface area contributed by atoms with Gasteiger partial charge >= 0.3 is 0 Å². The molecule has 31 heavy (non-hydrogen) atoms. The number of halogens is 1. The number of amides is 1. The standard InChI is InChI=1S/C24H25BrN2O3S/c1-15-10-12-24(13-11-15)26-21(16-4-7-18(25)8-5-16)23(31)27(24)22(28)17-6-9-19(29-2)20(14-17)30-3/h4-9,14-15H,10-13H2,1-3H3. The van der Waals surface area contributed by atoms with Gasteiger partial charge in [-0.05, 0) is 61.9 Å². The van der Waals surface area contributed by atoms with E-state index in [0.717, 1.165) is 35.7 Å². The van der Waals surface area contributed by atoms with Gasteiger partial charge in [-0.15, -0.1) is 0 Å². The van der Waals surface area contributed by atoms with Crippen LogP contribution in [0.4, 0.5) is 0 Å². The van der Waals surface area contributed by atoms with Crippen LogP contribution in [-0.4, -0.2) is 41.4 Å². The van der Waals surface area contributed by atoms with Gasteiger partial charge in [0.1, 0.15) is 16.4 Å². The lowest BCUT2D eigenvalue weighted by atomic mass is 9.82. The van der Waals surface area contributed by atoms with Crippen molar-refractivity contribution >= 4 is 44.8 Å². The Morgan fingerprint density at radius 3 is 2.35 bits per heavy atom. The molecule has 162 valence electrons. The monoisotopic (exact) mass is 500 g/mol. The summed E-state index contributed by atoms with van der Waals surface area (Å²) in [6, 6.07) is 13.1. The Morgan fingerprint density at radius 1 is 1.10 bits per heavy atom. The zero-order valence-corrected chi connectivity index (χ0v) is 20.3. The lowest BCUT2D eigenvalue weighted by Gasteiger charge is -2.40. The van der Waals surface area contributed by atoms with Crippen LogP contribution in [0.1, 0.15) is 48.5 Å². The molecule has 0 bridgehead atoms. The predicted molar refractivity (Wildman–Crippen MR) is 129 cm³/mol. The number of rotatable bonds is 4. The van der Waals surface area contributed by atoms with Crippen molar-refractivity contribution in [1.82, 2.24) is 4.90 Å². The molecule has 1 aliphatic heterocycles. The molecule has 0 aromatic heterocycles. The molecule has 0 saturated heterocycles. The molecule has 2 aliphatic rings. The first-order valence-electron chi connectivity index (χ1n) is 10.4. The van der Waals surface area contributed by atoms with E-state index in [0.29, 0.717) is 33.7 Å². The fourth-order valence-corrected chi connectivity index (χ4v) is 5.02. The number of nitrogens with zero attached hydrogens (tertiary/aromatic N) is 2. The number of aliphatic imine (C=N–C) groups is 1. The molecule has 7 heteroatoms. The number of benzene rings is 2. The van der Waals surface area contributed by atoms with Gasteiger partial charge in [0.25, 0.3) is 5.91 Å². The summed E-state index contributed by atoms with van der Waals surface area (Å²) in [6.45, 7) is 2.25. The normalized spacial score (nSPS) is 23.1. The van der Waals surface area contributed by atoms with Crippen LogP contribution in [0.2, 0.25) is 0 Å². The van der Waals surface area contributed by atoms with Gasteiger partial charge in [-0.2, -0.15) is 0 Å². The van der Waals surface area contributed by atoms with E-state index in [9.17, 15) is 4.79 Å². The van der Waals surface area contributed by atoms with Crippen molar-refractivity contribution in [3.05, 3.63) is 58.1 Å². The third-order valence-corrected chi connectivity index (χ3v) is 7.07. The van der Waals surface area contributed by atoms with Crippen LogP contribution in [0.15, 0.2) is 51.9 Å². The maximum absolute atomic E-state index is 13.8. The van der Waals surface area contributed by atoms with Gasteiger partial charge in [-0.1, -0.05) is 47.2 Å². The van der Waals surface area contributed by atoms with Crippen molar-refractivity contribution in [2.45, 2.75) is 38.3 Å². The second-order valence-electron chi connectivity index (χ2n) is 8.15. The third kappa shape index (κ3) is 4.01. The van der Waals surface area contributed by atoms with Crippen LogP contribution in [0, 0.1) is 5.92 Å². The van der Waals surface area contributed by atoms with E-state index in [1.807, 2.05) is 24.3 Å². The molecule has 1 amide bonds. The Morgan fingerprint density at radius 2 is 1.74 bits per heavy atom. The fourth-order valence-electron chi connectivity index (χ4n) is 4.34. The van der Waals surface area contributed by atoms with Gasteiger partial charge in [0.15, 0.2) is 11.5 Å². The molecule has 2 aromatic carbocycles. The number of hydrogen-bond acceptors (Lipinski definition) is 5. The first-order chi connectivity index (χ1) is 14.9. The Labute approximate surface area is 196 Å². The number of ether oxygens (including phenoxy) is 2. The second-order valence-corrected chi connectivity index (χ2v) is 9.45. The van der Waals surface area contributed by atoms with E-state index in [-0.39, 0.29) is 5.91 Å². The largest absolute Gasteiger partial charge is 0.493 e. The average molecular weight is 501 g/mol. The SMILES string of the molecule is COc1ccc(C(=O)N2C(=S)C(c3ccc(Br)cc3)=NC23CCC(C)CC3)cc1OC. The molecule has 1 fully saturated rings.